The van der Waals surface area contributed by atoms with Gasteiger partial charge in [-0.2, -0.15) is 0 Å². The highest BCUT2D eigenvalue weighted by Crippen LogP contribution is 2.19. The minimum absolute atomic E-state index is 0.278. The van der Waals surface area contributed by atoms with Crippen molar-refractivity contribution in [1.82, 2.24) is 20.3 Å². The smallest absolute Gasteiger partial charge is 0.194 e. The highest BCUT2D eigenvalue weighted by Gasteiger charge is 2.20. The fourth-order valence-corrected chi connectivity index (χ4v) is 3.01. The first-order valence-electron chi connectivity index (χ1n) is 8.59. The van der Waals surface area contributed by atoms with E-state index < -0.39 is 0 Å². The zero-order chi connectivity index (χ0) is 18.4. The van der Waals surface area contributed by atoms with Crippen molar-refractivity contribution in [3.05, 3.63) is 47.6 Å². The predicted molar refractivity (Wildman–Crippen MR) is 96.5 cm³/mol. The van der Waals surface area contributed by atoms with Crippen LogP contribution in [-0.4, -0.2) is 61.3 Å². The average molecular weight is 361 g/mol. The van der Waals surface area contributed by atoms with E-state index >= 15 is 0 Å². The molecule has 8 heteroatoms. The Hall–Kier alpha value is -2.61. The number of guanidine groups is 1. The molecular weight excluding hydrogens is 337 g/mol. The molecule has 0 atom stereocenters. The Morgan fingerprint density at radius 2 is 2.12 bits per heavy atom. The first-order valence-corrected chi connectivity index (χ1v) is 8.59. The molecule has 2 aromatic rings. The molecule has 26 heavy (non-hydrogen) atoms. The molecule has 1 aromatic carbocycles. The number of hydrogen-bond acceptors (Lipinski definition) is 5. The zero-order valence-electron chi connectivity index (χ0n) is 15.1. The molecule has 140 valence electrons. The van der Waals surface area contributed by atoms with Crippen LogP contribution in [0.1, 0.15) is 11.3 Å². The molecule has 7 nitrogen and oxygen atoms in total. The van der Waals surface area contributed by atoms with Crippen molar-refractivity contribution in [1.29, 1.82) is 0 Å². The van der Waals surface area contributed by atoms with E-state index in [1.165, 1.54) is 7.11 Å². The van der Waals surface area contributed by atoms with Gasteiger partial charge in [0.15, 0.2) is 17.5 Å². The van der Waals surface area contributed by atoms with Gasteiger partial charge in [0.1, 0.15) is 12.0 Å². The topological polar surface area (TPSA) is 66.1 Å². The van der Waals surface area contributed by atoms with E-state index in [2.05, 4.69) is 25.3 Å². The number of aromatic nitrogens is 1. The van der Waals surface area contributed by atoms with Gasteiger partial charge >= 0.3 is 0 Å². The Kier molecular flexibility index (Phi) is 6.06. The molecule has 1 aromatic heterocycles. The normalized spacial score (nSPS) is 16.0. The summed E-state index contributed by atoms with van der Waals surface area (Å²) >= 11 is 0. The van der Waals surface area contributed by atoms with Crippen LogP contribution in [-0.2, 0) is 13.1 Å². The highest BCUT2D eigenvalue weighted by molar-refractivity contribution is 5.79. The van der Waals surface area contributed by atoms with Crippen molar-refractivity contribution in [2.45, 2.75) is 13.1 Å². The molecule has 3 rings (SSSR count). The molecule has 0 unspecified atom stereocenters. The van der Waals surface area contributed by atoms with Crippen molar-refractivity contribution < 1.29 is 13.7 Å². The summed E-state index contributed by atoms with van der Waals surface area (Å²) in [5, 5.41) is 7.18. The predicted octanol–water partition coefficient (Wildman–Crippen LogP) is 1.72. The van der Waals surface area contributed by atoms with E-state index in [-0.39, 0.29) is 11.6 Å². The number of aliphatic imine (C=N–C) groups is 1. The first-order chi connectivity index (χ1) is 12.7. The summed E-state index contributed by atoms with van der Waals surface area (Å²) in [6, 6.07) is 6.96. The molecule has 0 aliphatic carbocycles. The molecule has 0 amide bonds. The highest BCUT2D eigenvalue weighted by atomic mass is 19.1. The maximum atomic E-state index is 13.8. The number of rotatable bonds is 5. The van der Waals surface area contributed by atoms with E-state index in [0.717, 1.165) is 49.9 Å². The van der Waals surface area contributed by atoms with Crippen LogP contribution in [0.25, 0.3) is 0 Å². The standard InChI is InChI=1S/C18H24FN5O2/c1-20-18(21-12-15-5-10-26-22-15)24-8-6-23(7-9-24)13-14-3-4-17(25-2)16(19)11-14/h3-5,10-11H,6-9,12-13H2,1-2H3,(H,20,21). The quantitative estimate of drug-likeness (QED) is 0.646. The summed E-state index contributed by atoms with van der Waals surface area (Å²) in [6.07, 6.45) is 1.56. The van der Waals surface area contributed by atoms with Crippen molar-refractivity contribution in [2.24, 2.45) is 4.99 Å². The van der Waals surface area contributed by atoms with Crippen molar-refractivity contribution in [2.75, 3.05) is 40.3 Å². The van der Waals surface area contributed by atoms with E-state index in [1.54, 1.807) is 25.4 Å². The van der Waals surface area contributed by atoms with E-state index in [9.17, 15) is 4.39 Å². The summed E-state index contributed by atoms with van der Waals surface area (Å²) in [6.45, 7) is 4.79. The molecule has 1 aliphatic heterocycles. The third-order valence-corrected chi connectivity index (χ3v) is 4.42. The lowest BCUT2D eigenvalue weighted by Gasteiger charge is -2.36. The summed E-state index contributed by atoms with van der Waals surface area (Å²) in [5.74, 6) is 0.810. The van der Waals surface area contributed by atoms with Crippen LogP contribution in [0.4, 0.5) is 4.39 Å². The van der Waals surface area contributed by atoms with Gasteiger partial charge in [0, 0.05) is 45.8 Å². The Morgan fingerprint density at radius 3 is 2.73 bits per heavy atom. The second-order valence-corrected chi connectivity index (χ2v) is 6.12. The minimum atomic E-state index is -0.318. The number of benzene rings is 1. The van der Waals surface area contributed by atoms with Crippen LogP contribution >= 0.6 is 0 Å². The fraction of sp³-hybridized carbons (Fsp3) is 0.444. The monoisotopic (exact) mass is 361 g/mol. The molecule has 0 bridgehead atoms. The van der Waals surface area contributed by atoms with Crippen LogP contribution in [0.5, 0.6) is 5.75 Å². The van der Waals surface area contributed by atoms with Crippen LogP contribution in [0.3, 0.4) is 0 Å². The number of methoxy groups -OCH3 is 1. The summed E-state index contributed by atoms with van der Waals surface area (Å²) in [5.41, 5.74) is 1.79. The number of nitrogens with one attached hydrogen (secondary N) is 1. The maximum Gasteiger partial charge on any atom is 0.194 e. The van der Waals surface area contributed by atoms with Gasteiger partial charge in [0.2, 0.25) is 0 Å². The molecular formula is C18H24FN5O2. The summed E-state index contributed by atoms with van der Waals surface area (Å²) < 4.78 is 23.6. The molecule has 0 radical (unpaired) electrons. The molecule has 2 heterocycles. The second kappa shape index (κ2) is 8.66. The number of hydrogen-bond donors (Lipinski definition) is 1. The van der Waals surface area contributed by atoms with Gasteiger partial charge in [0.05, 0.1) is 13.7 Å². The maximum absolute atomic E-state index is 13.8. The van der Waals surface area contributed by atoms with Gasteiger partial charge in [-0.1, -0.05) is 11.2 Å². The number of piperazine rings is 1. The lowest BCUT2D eigenvalue weighted by molar-refractivity contribution is 0.172. The SMILES string of the molecule is CN=C(NCc1ccon1)N1CCN(Cc2ccc(OC)c(F)c2)CC1. The average Bonchev–Trinajstić information content (AvgIpc) is 3.17. The number of halogens is 1. The van der Waals surface area contributed by atoms with Gasteiger partial charge in [-0.3, -0.25) is 9.89 Å². The van der Waals surface area contributed by atoms with Crippen molar-refractivity contribution in [3.63, 3.8) is 0 Å². The van der Waals surface area contributed by atoms with Crippen LogP contribution < -0.4 is 10.1 Å². The molecule has 1 N–H and O–H groups in total. The van der Waals surface area contributed by atoms with E-state index in [4.69, 9.17) is 9.26 Å². The Balaban J connectivity index is 1.49. The van der Waals surface area contributed by atoms with Gasteiger partial charge < -0.3 is 19.5 Å². The van der Waals surface area contributed by atoms with Gasteiger partial charge in [0.25, 0.3) is 0 Å². The fourth-order valence-electron chi connectivity index (χ4n) is 3.01. The molecule has 1 aliphatic rings. The van der Waals surface area contributed by atoms with Crippen molar-refractivity contribution in [3.8, 4) is 5.75 Å². The lowest BCUT2D eigenvalue weighted by Crippen LogP contribution is -2.52. The molecule has 1 saturated heterocycles. The first kappa shape index (κ1) is 18.2. The van der Waals surface area contributed by atoms with E-state index in [0.29, 0.717) is 6.54 Å². The zero-order valence-corrected chi connectivity index (χ0v) is 15.1. The largest absolute Gasteiger partial charge is 0.494 e. The summed E-state index contributed by atoms with van der Waals surface area (Å²) in [7, 11) is 3.25. The van der Waals surface area contributed by atoms with Gasteiger partial charge in [-0.25, -0.2) is 4.39 Å². The molecule has 0 saturated carbocycles. The van der Waals surface area contributed by atoms with Gasteiger partial charge in [-0.15, -0.1) is 0 Å². The summed E-state index contributed by atoms with van der Waals surface area (Å²) in [4.78, 5) is 8.86. The number of nitrogens with zero attached hydrogens (tertiary/aromatic N) is 4. The Bertz CT molecular complexity index is 727. The number of ether oxygens (including phenoxy) is 1. The van der Waals surface area contributed by atoms with Crippen LogP contribution in [0, 0.1) is 5.82 Å². The Labute approximate surface area is 152 Å². The third-order valence-electron chi connectivity index (χ3n) is 4.42. The van der Waals surface area contributed by atoms with Crippen LogP contribution in [0.2, 0.25) is 0 Å². The molecule has 0 spiro atoms. The Morgan fingerprint density at radius 1 is 1.31 bits per heavy atom. The van der Waals surface area contributed by atoms with E-state index in [1.807, 2.05) is 12.1 Å². The minimum Gasteiger partial charge on any atom is -0.494 e. The molecule has 1 fully saturated rings. The lowest BCUT2D eigenvalue weighted by atomic mass is 10.2. The van der Waals surface area contributed by atoms with Crippen molar-refractivity contribution >= 4 is 5.96 Å². The third kappa shape index (κ3) is 4.51. The second-order valence-electron chi connectivity index (χ2n) is 6.12. The van der Waals surface area contributed by atoms with Gasteiger partial charge in [-0.05, 0) is 17.7 Å². The van der Waals surface area contributed by atoms with Crippen LogP contribution in [0.15, 0.2) is 40.0 Å².